The maximum Gasteiger partial charge on any atom is -0.0353 e. The molecule has 0 bridgehead atoms. The minimum Gasteiger partial charge on any atom is -0.103 e. The molecule has 0 aliphatic rings. The molecule has 0 nitrogen and oxygen atoms in total. The van der Waals surface area contributed by atoms with E-state index in [2.05, 4.69) is 40.3 Å². The molecule has 0 amide bonds. The van der Waals surface area contributed by atoms with Gasteiger partial charge in [-0.2, -0.15) is 0 Å². The van der Waals surface area contributed by atoms with E-state index >= 15 is 0 Å². The smallest absolute Gasteiger partial charge is 0.0353 e. The van der Waals surface area contributed by atoms with Crippen LogP contribution in [0.4, 0.5) is 0 Å². The second-order valence-corrected chi connectivity index (χ2v) is 10.0. The monoisotopic (exact) mass is 392 g/mol. The van der Waals surface area contributed by atoms with E-state index in [1.807, 2.05) is 0 Å². The summed E-state index contributed by atoms with van der Waals surface area (Å²) in [4.78, 5) is 0. The zero-order valence-electron chi connectivity index (χ0n) is 20.5. The van der Waals surface area contributed by atoms with Gasteiger partial charge in [-0.05, 0) is 30.6 Å². The van der Waals surface area contributed by atoms with Gasteiger partial charge >= 0.3 is 0 Å². The lowest BCUT2D eigenvalue weighted by molar-refractivity contribution is 0.362. The first-order chi connectivity index (χ1) is 13.6. The van der Waals surface area contributed by atoms with Crippen LogP contribution < -0.4 is 0 Å². The van der Waals surface area contributed by atoms with Gasteiger partial charge in [-0.3, -0.25) is 0 Å². The molecule has 168 valence electrons. The van der Waals surface area contributed by atoms with E-state index < -0.39 is 0 Å². The maximum absolute atomic E-state index is 3.81. The van der Waals surface area contributed by atoms with Gasteiger partial charge in [0.1, 0.15) is 0 Å². The van der Waals surface area contributed by atoms with Crippen molar-refractivity contribution in [1.82, 2.24) is 0 Å². The second kappa shape index (κ2) is 21.4. The van der Waals surface area contributed by atoms with Crippen LogP contribution in [0.2, 0.25) is 0 Å². The molecule has 0 aliphatic heterocycles. The van der Waals surface area contributed by atoms with Crippen molar-refractivity contribution >= 4 is 0 Å². The highest BCUT2D eigenvalue weighted by Gasteiger charge is 2.08. The summed E-state index contributed by atoms with van der Waals surface area (Å²) in [6, 6.07) is 0. The summed E-state index contributed by atoms with van der Waals surface area (Å²) >= 11 is 0. The molecule has 0 aromatic heterocycles. The molecule has 0 heteroatoms. The Bertz CT molecular complexity index is 305. The maximum atomic E-state index is 3.81. The van der Waals surface area contributed by atoms with Crippen LogP contribution in [0.1, 0.15) is 150 Å². The van der Waals surface area contributed by atoms with Crippen molar-refractivity contribution in [3.63, 3.8) is 0 Å². The van der Waals surface area contributed by atoms with E-state index in [4.69, 9.17) is 0 Å². The van der Waals surface area contributed by atoms with Crippen molar-refractivity contribution in [3.05, 3.63) is 12.7 Å². The third-order valence-electron chi connectivity index (χ3n) is 6.70. The van der Waals surface area contributed by atoms with Crippen LogP contribution in [0, 0.1) is 17.8 Å². The molecule has 0 aromatic carbocycles. The summed E-state index contributed by atoms with van der Waals surface area (Å²) in [5.41, 5.74) is 0. The van der Waals surface area contributed by atoms with Gasteiger partial charge in [0.2, 0.25) is 0 Å². The number of rotatable bonds is 22. The first-order valence-electron chi connectivity index (χ1n) is 13.2. The molecular formula is C28H56. The fraction of sp³-hybridized carbons (Fsp3) is 0.929. The fourth-order valence-electron chi connectivity index (χ4n) is 4.40. The predicted octanol–water partition coefficient (Wildman–Crippen LogP) is 10.5. The predicted molar refractivity (Wildman–Crippen MR) is 131 cm³/mol. The van der Waals surface area contributed by atoms with Crippen LogP contribution in [0.25, 0.3) is 0 Å². The molecule has 0 heterocycles. The van der Waals surface area contributed by atoms with Gasteiger partial charge in [0.15, 0.2) is 0 Å². The van der Waals surface area contributed by atoms with Crippen LogP contribution in [0.3, 0.4) is 0 Å². The highest BCUT2D eigenvalue weighted by molar-refractivity contribution is 4.66. The minimum atomic E-state index is 0.933. The SMILES string of the molecule is C=CCCCCCCC(C)CCCC(C)CCC(C)CCCCCCCCC. The van der Waals surface area contributed by atoms with Gasteiger partial charge in [0.05, 0.1) is 0 Å². The molecule has 3 atom stereocenters. The average Bonchev–Trinajstić information content (AvgIpc) is 2.68. The molecule has 0 N–H and O–H groups in total. The Morgan fingerprint density at radius 1 is 0.500 bits per heavy atom. The first-order valence-corrected chi connectivity index (χ1v) is 13.2. The largest absolute Gasteiger partial charge is 0.103 e. The summed E-state index contributed by atoms with van der Waals surface area (Å²) < 4.78 is 0. The fourth-order valence-corrected chi connectivity index (χ4v) is 4.40. The lowest BCUT2D eigenvalue weighted by Gasteiger charge is -2.17. The Balaban J connectivity index is 3.45. The molecule has 0 aromatic rings. The molecule has 0 aliphatic carbocycles. The van der Waals surface area contributed by atoms with Gasteiger partial charge in [-0.1, -0.05) is 143 Å². The summed E-state index contributed by atoms with van der Waals surface area (Å²) in [6.07, 6.45) is 29.1. The van der Waals surface area contributed by atoms with Crippen molar-refractivity contribution in [3.8, 4) is 0 Å². The van der Waals surface area contributed by atoms with Gasteiger partial charge in [0.25, 0.3) is 0 Å². The lowest BCUT2D eigenvalue weighted by Crippen LogP contribution is -2.02. The summed E-state index contributed by atoms with van der Waals surface area (Å²) in [6.45, 7) is 13.6. The Morgan fingerprint density at radius 3 is 1.39 bits per heavy atom. The summed E-state index contributed by atoms with van der Waals surface area (Å²) in [7, 11) is 0. The van der Waals surface area contributed by atoms with Gasteiger partial charge in [-0.15, -0.1) is 6.58 Å². The topological polar surface area (TPSA) is 0 Å². The lowest BCUT2D eigenvalue weighted by atomic mass is 9.89. The first kappa shape index (κ1) is 27.7. The van der Waals surface area contributed by atoms with E-state index in [0.29, 0.717) is 0 Å². The van der Waals surface area contributed by atoms with Crippen molar-refractivity contribution in [2.75, 3.05) is 0 Å². The molecule has 0 radical (unpaired) electrons. The number of unbranched alkanes of at least 4 members (excludes halogenated alkanes) is 10. The molecular weight excluding hydrogens is 336 g/mol. The van der Waals surface area contributed by atoms with Crippen molar-refractivity contribution in [1.29, 1.82) is 0 Å². The Kier molecular flexibility index (Phi) is 21.2. The van der Waals surface area contributed by atoms with Crippen molar-refractivity contribution in [2.45, 2.75) is 150 Å². The van der Waals surface area contributed by atoms with E-state index in [1.54, 1.807) is 0 Å². The van der Waals surface area contributed by atoms with E-state index in [-0.39, 0.29) is 0 Å². The van der Waals surface area contributed by atoms with Gasteiger partial charge in [0, 0.05) is 0 Å². The highest BCUT2D eigenvalue weighted by Crippen LogP contribution is 2.23. The zero-order valence-corrected chi connectivity index (χ0v) is 20.5. The Labute approximate surface area is 180 Å². The Morgan fingerprint density at radius 2 is 0.893 bits per heavy atom. The van der Waals surface area contributed by atoms with E-state index in [0.717, 1.165) is 17.8 Å². The molecule has 0 spiro atoms. The summed E-state index contributed by atoms with van der Waals surface area (Å²) in [5, 5.41) is 0. The molecule has 0 saturated carbocycles. The zero-order chi connectivity index (χ0) is 20.9. The second-order valence-electron chi connectivity index (χ2n) is 10.0. The number of hydrogen-bond acceptors (Lipinski definition) is 0. The van der Waals surface area contributed by atoms with Gasteiger partial charge in [-0.25, -0.2) is 0 Å². The van der Waals surface area contributed by atoms with Crippen molar-refractivity contribution in [2.24, 2.45) is 17.8 Å². The summed E-state index contributed by atoms with van der Waals surface area (Å²) in [5.74, 6) is 2.81. The molecule has 0 fully saturated rings. The van der Waals surface area contributed by atoms with E-state index in [1.165, 1.54) is 122 Å². The van der Waals surface area contributed by atoms with Crippen molar-refractivity contribution < 1.29 is 0 Å². The number of allylic oxidation sites excluding steroid dienone is 1. The number of hydrogen-bond donors (Lipinski definition) is 0. The quantitative estimate of drug-likeness (QED) is 0.127. The van der Waals surface area contributed by atoms with Crippen LogP contribution in [-0.2, 0) is 0 Å². The van der Waals surface area contributed by atoms with Gasteiger partial charge < -0.3 is 0 Å². The Hall–Kier alpha value is -0.260. The minimum absolute atomic E-state index is 0.933. The van der Waals surface area contributed by atoms with Crippen LogP contribution >= 0.6 is 0 Å². The van der Waals surface area contributed by atoms with Crippen LogP contribution in [0.5, 0.6) is 0 Å². The van der Waals surface area contributed by atoms with E-state index in [9.17, 15) is 0 Å². The molecule has 0 saturated heterocycles. The normalized spacial score (nSPS) is 14.7. The molecule has 3 unspecified atom stereocenters. The third kappa shape index (κ3) is 20.5. The molecule has 28 heavy (non-hydrogen) atoms. The van der Waals surface area contributed by atoms with Crippen LogP contribution in [0.15, 0.2) is 12.7 Å². The molecule has 0 rings (SSSR count). The van der Waals surface area contributed by atoms with Crippen LogP contribution in [-0.4, -0.2) is 0 Å². The third-order valence-corrected chi connectivity index (χ3v) is 6.70. The highest BCUT2D eigenvalue weighted by atomic mass is 14.1. The average molecular weight is 393 g/mol. The standard InChI is InChI=1S/C28H56/c1-6-8-10-12-14-16-18-21-27(4)24-25-28(5)23-19-22-26(3)20-17-15-13-11-9-7-2/h7,26-28H,2,6,8-25H2,1,3-5H3.